The molecule has 0 radical (unpaired) electrons. The van der Waals surface area contributed by atoms with Gasteiger partial charge in [-0.25, -0.2) is 17.2 Å². The number of nitrogens with one attached hydrogen (secondary N) is 1. The molecular weight excluding hydrogens is 348 g/mol. The summed E-state index contributed by atoms with van der Waals surface area (Å²) >= 11 is 0. The monoisotopic (exact) mass is 363 g/mol. The third kappa shape index (κ3) is 4.03. The molecule has 3 rings (SSSR count). The van der Waals surface area contributed by atoms with Crippen LogP contribution in [0.1, 0.15) is 11.1 Å². The highest BCUT2D eigenvalue weighted by molar-refractivity contribution is 7.92. The first kappa shape index (κ1) is 17.1. The molecule has 2 aromatic carbocycles. The highest BCUT2D eigenvalue weighted by Crippen LogP contribution is 2.19. The average molecular weight is 363 g/mol. The summed E-state index contributed by atoms with van der Waals surface area (Å²) < 4.78 is 55.1. The van der Waals surface area contributed by atoms with Gasteiger partial charge in [0.15, 0.2) is 0 Å². The van der Waals surface area contributed by atoms with Crippen molar-refractivity contribution in [2.45, 2.75) is 18.4 Å². The molecule has 3 aromatic rings. The van der Waals surface area contributed by atoms with E-state index < -0.39 is 26.6 Å². The lowest BCUT2D eigenvalue weighted by Crippen LogP contribution is -2.14. The Balaban J connectivity index is 1.78. The molecule has 0 fully saturated rings. The molecule has 0 aliphatic carbocycles. The van der Waals surface area contributed by atoms with Gasteiger partial charge >= 0.3 is 0 Å². The van der Waals surface area contributed by atoms with Gasteiger partial charge in [-0.15, -0.1) is 0 Å². The van der Waals surface area contributed by atoms with E-state index in [9.17, 15) is 17.2 Å². The van der Waals surface area contributed by atoms with Crippen molar-refractivity contribution in [3.05, 3.63) is 77.6 Å². The van der Waals surface area contributed by atoms with E-state index in [1.54, 1.807) is 4.68 Å². The summed E-state index contributed by atoms with van der Waals surface area (Å²) in [5.74, 6) is -1.86. The van der Waals surface area contributed by atoms with Gasteiger partial charge in [0.1, 0.15) is 16.5 Å². The maximum absolute atomic E-state index is 13.7. The Bertz CT molecular complexity index is 999. The van der Waals surface area contributed by atoms with Gasteiger partial charge in [0.2, 0.25) is 0 Å². The molecule has 1 N–H and O–H groups in total. The fourth-order valence-electron chi connectivity index (χ4n) is 2.28. The number of anilines is 1. The standard InChI is InChI=1S/C17H15F2N3O2S/c1-12-2-4-13(5-3-12)10-22-11-15(9-20-22)21-25(23,24)17-8-14(18)6-7-16(17)19/h2-9,11,21H,10H2,1H3. The molecule has 0 unspecified atom stereocenters. The molecule has 1 aromatic heterocycles. The van der Waals surface area contributed by atoms with Gasteiger partial charge in [-0.3, -0.25) is 9.40 Å². The van der Waals surface area contributed by atoms with E-state index in [2.05, 4.69) is 9.82 Å². The van der Waals surface area contributed by atoms with E-state index in [1.807, 2.05) is 31.2 Å². The molecule has 0 atom stereocenters. The number of sulfonamides is 1. The molecule has 0 saturated heterocycles. The van der Waals surface area contributed by atoms with E-state index in [0.29, 0.717) is 12.6 Å². The van der Waals surface area contributed by atoms with Crippen LogP contribution in [0.5, 0.6) is 0 Å². The Labute approximate surface area is 144 Å². The number of halogens is 2. The summed E-state index contributed by atoms with van der Waals surface area (Å²) in [6, 6.07) is 10.1. The maximum atomic E-state index is 13.7. The van der Waals surface area contributed by atoms with Crippen molar-refractivity contribution in [2.24, 2.45) is 0 Å². The first-order valence-electron chi connectivity index (χ1n) is 7.39. The van der Waals surface area contributed by atoms with Crippen LogP contribution < -0.4 is 4.72 Å². The zero-order chi connectivity index (χ0) is 18.0. The van der Waals surface area contributed by atoms with E-state index in [0.717, 1.165) is 23.3 Å². The summed E-state index contributed by atoms with van der Waals surface area (Å²) in [6.07, 6.45) is 2.79. The predicted octanol–water partition coefficient (Wildman–Crippen LogP) is 3.32. The van der Waals surface area contributed by atoms with Crippen LogP contribution >= 0.6 is 0 Å². The van der Waals surface area contributed by atoms with Crippen molar-refractivity contribution in [2.75, 3.05) is 4.72 Å². The minimum atomic E-state index is -4.25. The fraction of sp³-hybridized carbons (Fsp3) is 0.118. The van der Waals surface area contributed by atoms with Crippen LogP contribution in [0.15, 0.2) is 59.8 Å². The van der Waals surface area contributed by atoms with Crippen molar-refractivity contribution in [1.82, 2.24) is 9.78 Å². The zero-order valence-corrected chi connectivity index (χ0v) is 14.1. The molecule has 1 heterocycles. The van der Waals surface area contributed by atoms with Crippen LogP contribution in [0.2, 0.25) is 0 Å². The van der Waals surface area contributed by atoms with Gasteiger partial charge in [-0.2, -0.15) is 5.10 Å². The Hall–Kier alpha value is -2.74. The van der Waals surface area contributed by atoms with Crippen LogP contribution in [-0.4, -0.2) is 18.2 Å². The first-order chi connectivity index (χ1) is 11.8. The van der Waals surface area contributed by atoms with Gasteiger partial charge in [0, 0.05) is 6.20 Å². The number of aryl methyl sites for hydroxylation is 1. The third-order valence-electron chi connectivity index (χ3n) is 3.53. The average Bonchev–Trinajstić information content (AvgIpc) is 2.98. The first-order valence-corrected chi connectivity index (χ1v) is 8.88. The smallest absolute Gasteiger partial charge is 0.265 e. The third-order valence-corrected chi connectivity index (χ3v) is 4.93. The summed E-state index contributed by atoms with van der Waals surface area (Å²) in [7, 11) is -4.25. The molecule has 0 saturated carbocycles. The Morgan fingerprint density at radius 1 is 1.12 bits per heavy atom. The highest BCUT2D eigenvalue weighted by Gasteiger charge is 2.20. The molecule has 0 amide bonds. The zero-order valence-electron chi connectivity index (χ0n) is 13.3. The number of hydrogen-bond donors (Lipinski definition) is 1. The Kier molecular flexibility index (Phi) is 4.54. The molecule has 5 nitrogen and oxygen atoms in total. The van der Waals surface area contributed by atoms with Crippen molar-refractivity contribution < 1.29 is 17.2 Å². The van der Waals surface area contributed by atoms with E-state index in [1.165, 1.54) is 12.4 Å². The molecule has 0 spiro atoms. The molecular formula is C17H15F2N3O2S. The van der Waals surface area contributed by atoms with Crippen molar-refractivity contribution in [3.63, 3.8) is 0 Å². The quantitative estimate of drug-likeness (QED) is 0.756. The van der Waals surface area contributed by atoms with E-state index >= 15 is 0 Å². The lowest BCUT2D eigenvalue weighted by Gasteiger charge is -2.07. The maximum Gasteiger partial charge on any atom is 0.265 e. The van der Waals surface area contributed by atoms with Crippen LogP contribution in [0.3, 0.4) is 0 Å². The second-order valence-electron chi connectivity index (χ2n) is 5.59. The van der Waals surface area contributed by atoms with Crippen LogP contribution in [0, 0.1) is 18.6 Å². The molecule has 8 heteroatoms. The van der Waals surface area contributed by atoms with Crippen LogP contribution in [0.25, 0.3) is 0 Å². The molecule has 25 heavy (non-hydrogen) atoms. The van der Waals surface area contributed by atoms with Crippen LogP contribution in [0.4, 0.5) is 14.5 Å². The van der Waals surface area contributed by atoms with Crippen molar-refractivity contribution >= 4 is 15.7 Å². The van der Waals surface area contributed by atoms with E-state index in [4.69, 9.17) is 0 Å². The summed E-state index contributed by atoms with van der Waals surface area (Å²) in [5, 5.41) is 4.07. The number of rotatable bonds is 5. The summed E-state index contributed by atoms with van der Waals surface area (Å²) in [4.78, 5) is -0.751. The van der Waals surface area contributed by atoms with Gasteiger partial charge in [-0.05, 0) is 30.7 Å². The number of benzene rings is 2. The summed E-state index contributed by atoms with van der Waals surface area (Å²) in [6.45, 7) is 2.44. The van der Waals surface area contributed by atoms with Gasteiger partial charge in [-0.1, -0.05) is 29.8 Å². The summed E-state index contributed by atoms with van der Waals surface area (Å²) in [5.41, 5.74) is 2.30. The molecule has 130 valence electrons. The largest absolute Gasteiger partial charge is 0.276 e. The normalized spacial score (nSPS) is 11.5. The van der Waals surface area contributed by atoms with Gasteiger partial charge < -0.3 is 0 Å². The highest BCUT2D eigenvalue weighted by atomic mass is 32.2. The van der Waals surface area contributed by atoms with Crippen molar-refractivity contribution in [1.29, 1.82) is 0 Å². The van der Waals surface area contributed by atoms with Gasteiger partial charge in [0.25, 0.3) is 10.0 Å². The van der Waals surface area contributed by atoms with E-state index in [-0.39, 0.29) is 5.69 Å². The Morgan fingerprint density at radius 3 is 2.56 bits per heavy atom. The second-order valence-corrected chi connectivity index (χ2v) is 7.24. The number of hydrogen-bond acceptors (Lipinski definition) is 3. The lowest BCUT2D eigenvalue weighted by atomic mass is 10.1. The SMILES string of the molecule is Cc1ccc(Cn2cc(NS(=O)(=O)c3cc(F)ccc3F)cn2)cc1. The Morgan fingerprint density at radius 2 is 1.84 bits per heavy atom. The second kappa shape index (κ2) is 6.64. The molecule has 0 bridgehead atoms. The predicted molar refractivity (Wildman–Crippen MR) is 89.7 cm³/mol. The van der Waals surface area contributed by atoms with Crippen molar-refractivity contribution in [3.8, 4) is 0 Å². The lowest BCUT2D eigenvalue weighted by molar-refractivity contribution is 0.555. The van der Waals surface area contributed by atoms with Gasteiger partial charge in [0.05, 0.1) is 18.4 Å². The number of aromatic nitrogens is 2. The number of nitrogens with zero attached hydrogens (tertiary/aromatic N) is 2. The molecule has 0 aliphatic heterocycles. The fourth-order valence-corrected chi connectivity index (χ4v) is 3.39. The minimum absolute atomic E-state index is 0.163. The molecule has 0 aliphatic rings. The minimum Gasteiger partial charge on any atom is -0.276 e. The van der Waals surface area contributed by atoms with Crippen LogP contribution in [-0.2, 0) is 16.6 Å². The topological polar surface area (TPSA) is 64.0 Å².